The Bertz CT molecular complexity index is 956. The molecule has 2 aliphatic rings. The first-order valence-corrected chi connectivity index (χ1v) is 15.5. The molecule has 2 aliphatic carbocycles. The van der Waals surface area contributed by atoms with Crippen LogP contribution in [0.4, 0.5) is 0 Å². The lowest BCUT2D eigenvalue weighted by Crippen LogP contribution is -2.25. The Morgan fingerprint density at radius 1 is 0.757 bits per heavy atom. The van der Waals surface area contributed by atoms with Crippen molar-refractivity contribution >= 4 is 0 Å². The first-order chi connectivity index (χ1) is 18.2. The first kappa shape index (κ1) is 27.8. The monoisotopic (exact) mass is 499 g/mol. The van der Waals surface area contributed by atoms with Gasteiger partial charge in [0.05, 0.1) is 11.5 Å². The normalized spacial score (nSPS) is 26.0. The Morgan fingerprint density at radius 2 is 1.38 bits per heavy atom. The lowest BCUT2D eigenvalue weighted by molar-refractivity contribution is 0.223. The fourth-order valence-corrected chi connectivity index (χ4v) is 6.88. The van der Waals surface area contributed by atoms with Crippen LogP contribution in [-0.4, -0.2) is 9.97 Å². The van der Waals surface area contributed by atoms with Crippen molar-refractivity contribution < 1.29 is 0 Å². The molecule has 0 atom stereocenters. The molecular formula is C34H49N3. The minimum atomic E-state index is -0.0743. The molecule has 0 bridgehead atoms. The molecule has 0 saturated heterocycles. The van der Waals surface area contributed by atoms with Gasteiger partial charge in [0.2, 0.25) is 0 Å². The Morgan fingerprint density at radius 3 is 2.00 bits per heavy atom. The number of nitriles is 1. The largest absolute Gasteiger partial charge is 0.236 e. The van der Waals surface area contributed by atoms with Crippen LogP contribution < -0.4 is 0 Å². The van der Waals surface area contributed by atoms with Gasteiger partial charge in [0.25, 0.3) is 0 Å². The van der Waals surface area contributed by atoms with E-state index in [1.807, 2.05) is 0 Å². The standard InChI is InChI=1S/C34H49N3/c1-3-5-7-8-10-27-11-13-29(14-12-27)32-24-36-33(37-25-32)31-17-15-28(16-18-31)30-19-22-34(26-35,23-20-30)21-9-6-4-2/h15-18,24-25,27,29-30H,3-14,19-23H2,1-2H3. The van der Waals surface area contributed by atoms with E-state index in [1.54, 1.807) is 0 Å². The number of rotatable bonds is 12. The van der Waals surface area contributed by atoms with Crippen LogP contribution in [0.1, 0.15) is 146 Å². The second-order valence-corrected chi connectivity index (χ2v) is 12.2. The lowest BCUT2D eigenvalue weighted by Gasteiger charge is -2.35. The van der Waals surface area contributed by atoms with Crippen molar-refractivity contribution in [1.82, 2.24) is 9.97 Å². The molecular weight excluding hydrogens is 450 g/mol. The maximum Gasteiger partial charge on any atom is 0.159 e. The van der Waals surface area contributed by atoms with Gasteiger partial charge in [-0.25, -0.2) is 9.97 Å². The smallest absolute Gasteiger partial charge is 0.159 e. The summed E-state index contributed by atoms with van der Waals surface area (Å²) in [6, 6.07) is 11.6. The third-order valence-corrected chi connectivity index (χ3v) is 9.53. The highest BCUT2D eigenvalue weighted by molar-refractivity contribution is 5.55. The molecule has 2 saturated carbocycles. The molecule has 37 heavy (non-hydrogen) atoms. The number of unbranched alkanes of at least 4 members (excludes halogenated alkanes) is 5. The molecule has 0 radical (unpaired) electrons. The van der Waals surface area contributed by atoms with Gasteiger partial charge in [0.1, 0.15) is 0 Å². The number of hydrogen-bond acceptors (Lipinski definition) is 3. The maximum atomic E-state index is 9.86. The number of nitrogens with zero attached hydrogens (tertiary/aromatic N) is 3. The highest BCUT2D eigenvalue weighted by atomic mass is 14.9. The van der Waals surface area contributed by atoms with Crippen LogP contribution in [-0.2, 0) is 0 Å². The van der Waals surface area contributed by atoms with E-state index in [0.29, 0.717) is 11.8 Å². The van der Waals surface area contributed by atoms with Crippen molar-refractivity contribution in [2.24, 2.45) is 11.3 Å². The summed E-state index contributed by atoms with van der Waals surface area (Å²) in [5, 5.41) is 9.86. The Labute approximate surface area is 226 Å². The Hall–Kier alpha value is -2.21. The molecule has 1 aromatic carbocycles. The van der Waals surface area contributed by atoms with Crippen LogP contribution >= 0.6 is 0 Å². The zero-order chi connectivity index (χ0) is 25.9. The summed E-state index contributed by atoms with van der Waals surface area (Å²) < 4.78 is 0. The van der Waals surface area contributed by atoms with Crippen LogP contribution in [0.5, 0.6) is 0 Å². The van der Waals surface area contributed by atoms with Crippen LogP contribution in [0.15, 0.2) is 36.7 Å². The molecule has 0 amide bonds. The molecule has 1 heterocycles. The third kappa shape index (κ3) is 7.66. The molecule has 3 heteroatoms. The molecule has 4 rings (SSSR count). The highest BCUT2D eigenvalue weighted by Crippen LogP contribution is 2.46. The zero-order valence-electron chi connectivity index (χ0n) is 23.6. The van der Waals surface area contributed by atoms with Gasteiger partial charge in [-0.3, -0.25) is 0 Å². The number of benzene rings is 1. The molecule has 0 aliphatic heterocycles. The van der Waals surface area contributed by atoms with Crippen molar-refractivity contribution in [3.8, 4) is 17.5 Å². The molecule has 1 aromatic heterocycles. The van der Waals surface area contributed by atoms with E-state index >= 15 is 0 Å². The molecule has 200 valence electrons. The van der Waals surface area contributed by atoms with Crippen LogP contribution in [0.25, 0.3) is 11.4 Å². The highest BCUT2D eigenvalue weighted by Gasteiger charge is 2.35. The average Bonchev–Trinajstić information content (AvgIpc) is 2.96. The van der Waals surface area contributed by atoms with E-state index in [1.165, 1.54) is 88.2 Å². The molecule has 3 nitrogen and oxygen atoms in total. The fourth-order valence-electron chi connectivity index (χ4n) is 6.88. The Balaban J connectivity index is 1.26. The summed E-state index contributed by atoms with van der Waals surface area (Å²) in [4.78, 5) is 9.55. The second-order valence-electron chi connectivity index (χ2n) is 12.2. The van der Waals surface area contributed by atoms with E-state index in [4.69, 9.17) is 9.97 Å². The van der Waals surface area contributed by atoms with Crippen molar-refractivity contribution in [2.75, 3.05) is 0 Å². The van der Waals surface area contributed by atoms with E-state index in [2.05, 4.69) is 56.6 Å². The van der Waals surface area contributed by atoms with Gasteiger partial charge in [0, 0.05) is 18.0 Å². The summed E-state index contributed by atoms with van der Waals surface area (Å²) in [5.74, 6) is 2.99. The SMILES string of the molecule is CCCCCCC1CCC(c2cnc(-c3ccc(C4CCC(C#N)(CCCCC)CC4)cc3)nc2)CC1. The zero-order valence-corrected chi connectivity index (χ0v) is 23.6. The summed E-state index contributed by atoms with van der Waals surface area (Å²) in [6.45, 7) is 4.53. The second kappa shape index (κ2) is 14.1. The average molecular weight is 500 g/mol. The van der Waals surface area contributed by atoms with Gasteiger partial charge >= 0.3 is 0 Å². The maximum absolute atomic E-state index is 9.86. The van der Waals surface area contributed by atoms with Gasteiger partial charge < -0.3 is 0 Å². The topological polar surface area (TPSA) is 49.6 Å². The summed E-state index contributed by atoms with van der Waals surface area (Å²) in [6.07, 6.45) is 25.6. The number of hydrogen-bond donors (Lipinski definition) is 0. The van der Waals surface area contributed by atoms with E-state index in [-0.39, 0.29) is 5.41 Å². The van der Waals surface area contributed by atoms with Crippen LogP contribution in [0.3, 0.4) is 0 Å². The quantitative estimate of drug-likeness (QED) is 0.273. The molecule has 2 fully saturated rings. The first-order valence-electron chi connectivity index (χ1n) is 15.5. The summed E-state index contributed by atoms with van der Waals surface area (Å²) in [7, 11) is 0. The van der Waals surface area contributed by atoms with Gasteiger partial charge in [-0.15, -0.1) is 0 Å². The summed E-state index contributed by atoms with van der Waals surface area (Å²) in [5.41, 5.74) is 3.77. The molecule has 2 aromatic rings. The van der Waals surface area contributed by atoms with E-state index < -0.39 is 0 Å². The van der Waals surface area contributed by atoms with Crippen LogP contribution in [0, 0.1) is 22.7 Å². The summed E-state index contributed by atoms with van der Waals surface area (Å²) >= 11 is 0. The van der Waals surface area contributed by atoms with Gasteiger partial charge in [-0.05, 0) is 86.7 Å². The van der Waals surface area contributed by atoms with Crippen molar-refractivity contribution in [3.05, 3.63) is 47.8 Å². The van der Waals surface area contributed by atoms with Gasteiger partial charge in [0.15, 0.2) is 5.82 Å². The van der Waals surface area contributed by atoms with E-state index in [0.717, 1.165) is 49.4 Å². The van der Waals surface area contributed by atoms with Crippen molar-refractivity contribution in [3.63, 3.8) is 0 Å². The third-order valence-electron chi connectivity index (χ3n) is 9.53. The predicted molar refractivity (Wildman–Crippen MR) is 154 cm³/mol. The van der Waals surface area contributed by atoms with Crippen LogP contribution in [0.2, 0.25) is 0 Å². The number of aromatic nitrogens is 2. The molecule has 0 N–H and O–H groups in total. The Kier molecular flexibility index (Phi) is 10.6. The predicted octanol–water partition coefficient (Wildman–Crippen LogP) is 10.1. The fraction of sp³-hybridized carbons (Fsp3) is 0.676. The van der Waals surface area contributed by atoms with Gasteiger partial charge in [-0.1, -0.05) is 89.5 Å². The minimum absolute atomic E-state index is 0.0743. The minimum Gasteiger partial charge on any atom is -0.236 e. The molecule has 0 unspecified atom stereocenters. The van der Waals surface area contributed by atoms with Crippen molar-refractivity contribution in [1.29, 1.82) is 5.26 Å². The van der Waals surface area contributed by atoms with Gasteiger partial charge in [-0.2, -0.15) is 5.26 Å². The van der Waals surface area contributed by atoms with E-state index in [9.17, 15) is 5.26 Å². The molecule has 0 spiro atoms. The lowest BCUT2D eigenvalue weighted by atomic mass is 9.67. The van der Waals surface area contributed by atoms with Crippen molar-refractivity contribution in [2.45, 2.75) is 135 Å².